The number of nitrogen functional groups attached to an aromatic ring is 1. The molecule has 0 radical (unpaired) electrons. The second-order valence-corrected chi connectivity index (χ2v) is 11.0. The molecule has 2 aliphatic rings. The third kappa shape index (κ3) is 5.59. The van der Waals surface area contributed by atoms with Gasteiger partial charge in [-0.25, -0.2) is 14.1 Å². The van der Waals surface area contributed by atoms with Gasteiger partial charge in [-0.2, -0.15) is 4.37 Å². The van der Waals surface area contributed by atoms with E-state index >= 15 is 0 Å². The minimum atomic E-state index is -0.515. The van der Waals surface area contributed by atoms with Crippen molar-refractivity contribution < 1.29 is 13.9 Å². The lowest BCUT2D eigenvalue weighted by atomic mass is 9.92. The molecule has 1 amide bonds. The number of amides is 1. The topological polar surface area (TPSA) is 134 Å². The number of aromatic nitrogens is 5. The third-order valence-corrected chi connectivity index (χ3v) is 7.32. The summed E-state index contributed by atoms with van der Waals surface area (Å²) >= 11 is 1.24. The Kier molecular flexibility index (Phi) is 7.42. The summed E-state index contributed by atoms with van der Waals surface area (Å²) in [6.45, 7) is 6.68. The number of terminal acetylenes is 1. The predicted molar refractivity (Wildman–Crippen MR) is 153 cm³/mol. The first-order valence-electron chi connectivity index (χ1n) is 12.6. The van der Waals surface area contributed by atoms with Crippen LogP contribution < -0.4 is 25.8 Å². The van der Waals surface area contributed by atoms with Crippen molar-refractivity contribution in [1.29, 1.82) is 0 Å². The van der Waals surface area contributed by atoms with E-state index in [1.807, 2.05) is 22.8 Å². The van der Waals surface area contributed by atoms with E-state index in [4.69, 9.17) is 17.0 Å². The van der Waals surface area contributed by atoms with Gasteiger partial charge in [0, 0.05) is 36.1 Å². The fourth-order valence-corrected chi connectivity index (χ4v) is 5.26. The van der Waals surface area contributed by atoms with Crippen molar-refractivity contribution in [3.8, 4) is 29.4 Å². The third-order valence-electron chi connectivity index (χ3n) is 6.55. The smallest absolute Gasteiger partial charge is 0.298 e. The monoisotopic (exact) mass is 574 g/mol. The number of hydrogen-bond acceptors (Lipinski definition) is 9. The maximum atomic E-state index is 14.5. The minimum Gasteiger partial charge on any atom is -0.481 e. The number of nitrogens with zero attached hydrogens (tertiary/aromatic N) is 7. The Bertz CT molecular complexity index is 1800. The molecule has 2 aromatic heterocycles. The van der Waals surface area contributed by atoms with Crippen LogP contribution in [-0.2, 0) is 17.8 Å². The molecule has 0 unspecified atom stereocenters. The molecule has 0 saturated heterocycles. The van der Waals surface area contributed by atoms with Crippen LogP contribution >= 0.6 is 11.5 Å². The molecule has 2 aromatic carbocycles. The van der Waals surface area contributed by atoms with Gasteiger partial charge in [-0.3, -0.25) is 14.5 Å². The van der Waals surface area contributed by atoms with Gasteiger partial charge >= 0.3 is 0 Å². The zero-order chi connectivity index (χ0) is 29.3. The molecule has 0 saturated carbocycles. The number of carbonyl (C=O) groups excluding carboxylic acids is 1. The second-order valence-electron chi connectivity index (χ2n) is 10.3. The quantitative estimate of drug-likeness (QED) is 0.294. The van der Waals surface area contributed by atoms with Crippen LogP contribution in [0.1, 0.15) is 25.5 Å². The minimum absolute atomic E-state index is 0.0964. The SMILES string of the molecule is C#CCN1C(=O)COc2cc(F)c(N=c3snc4n3CC(C)(C)C4)cc21.Cc1nnc(-c2ccccc2)c(=O)n1N. The van der Waals surface area contributed by atoms with Crippen LogP contribution in [-0.4, -0.2) is 42.9 Å². The molecular formula is C28H27FN8O3S. The number of carbonyl (C=O) groups is 1. The zero-order valence-corrected chi connectivity index (χ0v) is 23.5. The normalized spacial score (nSPS) is 15.3. The molecular weight excluding hydrogens is 547 g/mol. The Labute approximate surface area is 238 Å². The van der Waals surface area contributed by atoms with E-state index in [0.29, 0.717) is 27.6 Å². The summed E-state index contributed by atoms with van der Waals surface area (Å²) in [7, 11) is 0. The van der Waals surface area contributed by atoms with E-state index < -0.39 is 5.82 Å². The van der Waals surface area contributed by atoms with Gasteiger partial charge in [-0.15, -0.1) is 16.6 Å². The van der Waals surface area contributed by atoms with Gasteiger partial charge in [-0.05, 0) is 18.4 Å². The summed E-state index contributed by atoms with van der Waals surface area (Å²) in [4.78, 5) is 30.3. The summed E-state index contributed by atoms with van der Waals surface area (Å²) in [5, 5.41) is 7.65. The highest BCUT2D eigenvalue weighted by atomic mass is 32.1. The Morgan fingerprint density at radius 1 is 1.22 bits per heavy atom. The van der Waals surface area contributed by atoms with Gasteiger partial charge in [-0.1, -0.05) is 50.1 Å². The Morgan fingerprint density at radius 2 is 1.98 bits per heavy atom. The molecule has 0 bridgehead atoms. The molecule has 13 heteroatoms. The van der Waals surface area contributed by atoms with E-state index in [9.17, 15) is 14.0 Å². The number of aryl methyl sites for hydroxylation is 1. The molecule has 41 heavy (non-hydrogen) atoms. The van der Waals surface area contributed by atoms with Crippen LogP contribution in [0.3, 0.4) is 0 Å². The van der Waals surface area contributed by atoms with Gasteiger partial charge in [0.25, 0.3) is 11.5 Å². The molecule has 6 rings (SSSR count). The molecule has 11 nitrogen and oxygen atoms in total. The lowest BCUT2D eigenvalue weighted by Gasteiger charge is -2.28. The number of fused-ring (bicyclic) bond motifs is 2. The van der Waals surface area contributed by atoms with E-state index in [0.717, 1.165) is 23.5 Å². The van der Waals surface area contributed by atoms with Crippen molar-refractivity contribution in [2.24, 2.45) is 10.4 Å². The van der Waals surface area contributed by atoms with Crippen molar-refractivity contribution in [2.45, 2.75) is 33.7 Å². The predicted octanol–water partition coefficient (Wildman–Crippen LogP) is 2.58. The molecule has 210 valence electrons. The van der Waals surface area contributed by atoms with Gasteiger partial charge in [0.1, 0.15) is 17.3 Å². The highest BCUT2D eigenvalue weighted by Crippen LogP contribution is 2.37. The van der Waals surface area contributed by atoms with E-state index in [1.165, 1.54) is 28.6 Å². The number of ether oxygens (including phenoxy) is 1. The number of hydrogen-bond donors (Lipinski definition) is 1. The van der Waals surface area contributed by atoms with Crippen molar-refractivity contribution in [3.05, 3.63) is 75.1 Å². The Hall–Kier alpha value is -4.83. The van der Waals surface area contributed by atoms with Crippen LogP contribution in [0.15, 0.2) is 52.3 Å². The summed E-state index contributed by atoms with van der Waals surface area (Å²) in [5.41, 5.74) is 1.32. The average molecular weight is 575 g/mol. The number of anilines is 1. The van der Waals surface area contributed by atoms with Crippen molar-refractivity contribution in [2.75, 3.05) is 23.9 Å². The van der Waals surface area contributed by atoms with Gasteiger partial charge in [0.15, 0.2) is 23.9 Å². The number of benzene rings is 2. The highest BCUT2D eigenvalue weighted by Gasteiger charge is 2.31. The lowest BCUT2D eigenvalue weighted by molar-refractivity contribution is -0.121. The van der Waals surface area contributed by atoms with Crippen molar-refractivity contribution >= 4 is 28.8 Å². The summed E-state index contributed by atoms with van der Waals surface area (Å²) in [6, 6.07) is 11.9. The van der Waals surface area contributed by atoms with Crippen molar-refractivity contribution in [3.63, 3.8) is 0 Å². The second kappa shape index (κ2) is 11.0. The molecule has 0 fully saturated rings. The lowest BCUT2D eigenvalue weighted by Crippen LogP contribution is -2.39. The van der Waals surface area contributed by atoms with Crippen molar-refractivity contribution in [1.82, 2.24) is 23.8 Å². The fraction of sp³-hybridized carbons (Fsp3) is 0.286. The van der Waals surface area contributed by atoms with Gasteiger partial charge in [0.2, 0.25) is 4.80 Å². The fourth-order valence-electron chi connectivity index (χ4n) is 4.50. The average Bonchev–Trinajstić information content (AvgIpc) is 3.45. The summed E-state index contributed by atoms with van der Waals surface area (Å²) in [6.07, 6.45) is 6.22. The van der Waals surface area contributed by atoms with E-state index in [1.54, 1.807) is 19.1 Å². The van der Waals surface area contributed by atoms with Crippen LogP contribution in [0.25, 0.3) is 11.3 Å². The molecule has 2 N–H and O–H groups in total. The standard InChI is InChI=1S/C18H17FN4O2S.C10H10N4O/c1-4-5-22-13-7-12(11(19)6-14(13)25-9-16(22)24)20-17-23-10-18(2,3)8-15(23)21-26-17;1-7-12-13-9(10(15)14(7)11)8-5-3-2-4-6-8/h1,6-7H,5,8-10H2,2-3H3;2-6H,11H2,1H3. The summed E-state index contributed by atoms with van der Waals surface area (Å²) < 4.78 is 27.3. The molecule has 2 aliphatic heterocycles. The van der Waals surface area contributed by atoms with Crippen LogP contribution in [0.4, 0.5) is 15.8 Å². The van der Waals surface area contributed by atoms with Crippen LogP contribution in [0.5, 0.6) is 5.75 Å². The molecule has 4 heterocycles. The van der Waals surface area contributed by atoms with Gasteiger partial charge < -0.3 is 15.1 Å². The number of rotatable bonds is 3. The first-order chi connectivity index (χ1) is 19.6. The Morgan fingerprint density at radius 3 is 2.71 bits per heavy atom. The molecule has 0 atom stereocenters. The number of nitrogens with two attached hydrogens (primary N) is 1. The summed E-state index contributed by atoms with van der Waals surface area (Å²) in [5.74, 6) is 8.83. The van der Waals surface area contributed by atoms with Crippen LogP contribution in [0.2, 0.25) is 0 Å². The molecule has 0 aliphatic carbocycles. The van der Waals surface area contributed by atoms with E-state index in [2.05, 4.69) is 39.3 Å². The first kappa shape index (κ1) is 27.7. The van der Waals surface area contributed by atoms with Crippen LogP contribution in [0, 0.1) is 30.5 Å². The maximum absolute atomic E-state index is 14.5. The first-order valence-corrected chi connectivity index (χ1v) is 13.4. The maximum Gasteiger partial charge on any atom is 0.298 e. The Balaban J connectivity index is 0.000000191. The molecule has 0 spiro atoms. The zero-order valence-electron chi connectivity index (χ0n) is 22.7. The van der Waals surface area contributed by atoms with Gasteiger partial charge in [0.05, 0.1) is 12.2 Å². The largest absolute Gasteiger partial charge is 0.481 e. The molecule has 4 aromatic rings. The number of halogens is 1. The highest BCUT2D eigenvalue weighted by molar-refractivity contribution is 7.02. The van der Waals surface area contributed by atoms with E-state index in [-0.39, 0.29) is 41.4 Å².